The second kappa shape index (κ2) is 6.85. The van der Waals surface area contributed by atoms with Gasteiger partial charge in [-0.1, -0.05) is 24.3 Å². The largest absolute Gasteiger partial charge is 0.322 e. The predicted octanol–water partition coefficient (Wildman–Crippen LogP) is 5.50. The van der Waals surface area contributed by atoms with Crippen LogP contribution in [0.25, 0.3) is 11.1 Å². The van der Waals surface area contributed by atoms with Crippen molar-refractivity contribution in [3.8, 4) is 11.1 Å². The number of anilines is 1. The number of amides is 1. The standard InChI is InChI=1S/C21H17F2NO/c1-13-5-3-8-18(14(13)2)21(25)24-17-7-4-6-15(11-17)19-10-9-16(22)12-20(19)23/h3-12H,1-2H3,(H,24,25). The van der Waals surface area contributed by atoms with Gasteiger partial charge in [0.15, 0.2) is 0 Å². The highest BCUT2D eigenvalue weighted by atomic mass is 19.1. The fraction of sp³-hybridized carbons (Fsp3) is 0.0952. The minimum atomic E-state index is -0.641. The van der Waals surface area contributed by atoms with Gasteiger partial charge in [-0.25, -0.2) is 8.78 Å². The first kappa shape index (κ1) is 16.8. The number of carbonyl (C=O) groups excluding carboxylic acids is 1. The minimum Gasteiger partial charge on any atom is -0.322 e. The highest BCUT2D eigenvalue weighted by molar-refractivity contribution is 6.05. The van der Waals surface area contributed by atoms with Crippen LogP contribution >= 0.6 is 0 Å². The molecule has 0 radical (unpaired) electrons. The summed E-state index contributed by atoms with van der Waals surface area (Å²) in [4.78, 5) is 12.5. The van der Waals surface area contributed by atoms with Crippen molar-refractivity contribution in [3.63, 3.8) is 0 Å². The van der Waals surface area contributed by atoms with Gasteiger partial charge in [-0.05, 0) is 60.9 Å². The zero-order valence-electron chi connectivity index (χ0n) is 13.9. The van der Waals surface area contributed by atoms with E-state index < -0.39 is 11.6 Å². The first-order valence-corrected chi connectivity index (χ1v) is 7.89. The Morgan fingerprint density at radius 2 is 1.68 bits per heavy atom. The van der Waals surface area contributed by atoms with Crippen molar-refractivity contribution in [1.82, 2.24) is 0 Å². The van der Waals surface area contributed by atoms with Crippen LogP contribution in [0.2, 0.25) is 0 Å². The lowest BCUT2D eigenvalue weighted by Gasteiger charge is -2.11. The van der Waals surface area contributed by atoms with Crippen molar-refractivity contribution in [2.75, 3.05) is 5.32 Å². The Hall–Kier alpha value is -3.01. The first-order valence-electron chi connectivity index (χ1n) is 7.89. The molecule has 0 saturated heterocycles. The van der Waals surface area contributed by atoms with Gasteiger partial charge in [-0.15, -0.1) is 0 Å². The van der Waals surface area contributed by atoms with Crippen LogP contribution in [0.3, 0.4) is 0 Å². The van der Waals surface area contributed by atoms with Crippen molar-refractivity contribution < 1.29 is 13.6 Å². The van der Waals surface area contributed by atoms with E-state index >= 15 is 0 Å². The number of halogens is 2. The van der Waals surface area contributed by atoms with Crippen LogP contribution in [0.4, 0.5) is 14.5 Å². The third kappa shape index (κ3) is 3.58. The molecular weight excluding hydrogens is 320 g/mol. The van der Waals surface area contributed by atoms with Crippen molar-refractivity contribution in [3.05, 3.63) is 89.0 Å². The lowest BCUT2D eigenvalue weighted by atomic mass is 10.0. The summed E-state index contributed by atoms with van der Waals surface area (Å²) in [6.07, 6.45) is 0. The van der Waals surface area contributed by atoms with E-state index in [-0.39, 0.29) is 11.5 Å². The molecule has 3 aromatic rings. The van der Waals surface area contributed by atoms with Crippen molar-refractivity contribution in [2.45, 2.75) is 13.8 Å². The number of hydrogen-bond acceptors (Lipinski definition) is 1. The predicted molar refractivity (Wildman–Crippen MR) is 95.7 cm³/mol. The van der Waals surface area contributed by atoms with Crippen LogP contribution in [-0.2, 0) is 0 Å². The third-order valence-corrected chi connectivity index (χ3v) is 4.21. The average Bonchev–Trinajstić information content (AvgIpc) is 2.57. The van der Waals surface area contributed by atoms with E-state index in [0.717, 1.165) is 17.2 Å². The number of hydrogen-bond donors (Lipinski definition) is 1. The fourth-order valence-electron chi connectivity index (χ4n) is 2.68. The Morgan fingerprint density at radius 3 is 2.44 bits per heavy atom. The van der Waals surface area contributed by atoms with Crippen molar-refractivity contribution in [2.24, 2.45) is 0 Å². The molecule has 0 bridgehead atoms. The molecule has 0 fully saturated rings. The summed E-state index contributed by atoms with van der Waals surface area (Å²) in [5.41, 5.74) is 3.95. The number of carbonyl (C=O) groups is 1. The molecule has 1 N–H and O–H groups in total. The van der Waals surface area contributed by atoms with E-state index in [2.05, 4.69) is 5.32 Å². The van der Waals surface area contributed by atoms with Gasteiger partial charge in [-0.3, -0.25) is 4.79 Å². The molecular formula is C21H17F2NO. The molecule has 0 heterocycles. The van der Waals surface area contributed by atoms with E-state index in [4.69, 9.17) is 0 Å². The first-order chi connectivity index (χ1) is 12.0. The van der Waals surface area contributed by atoms with Gasteiger partial charge in [0, 0.05) is 22.9 Å². The summed E-state index contributed by atoms with van der Waals surface area (Å²) in [6.45, 7) is 3.85. The van der Waals surface area contributed by atoms with E-state index in [0.29, 0.717) is 16.8 Å². The summed E-state index contributed by atoms with van der Waals surface area (Å²) in [5, 5.41) is 2.83. The van der Waals surface area contributed by atoms with Gasteiger partial charge in [0.25, 0.3) is 5.91 Å². The third-order valence-electron chi connectivity index (χ3n) is 4.21. The normalized spacial score (nSPS) is 10.6. The molecule has 0 aliphatic carbocycles. The second-order valence-electron chi connectivity index (χ2n) is 5.91. The minimum absolute atomic E-state index is 0.224. The Bertz CT molecular complexity index is 950. The molecule has 0 aromatic heterocycles. The van der Waals surface area contributed by atoms with E-state index in [1.807, 2.05) is 26.0 Å². The van der Waals surface area contributed by atoms with Crippen molar-refractivity contribution in [1.29, 1.82) is 0 Å². The summed E-state index contributed by atoms with van der Waals surface area (Å²) in [6, 6.07) is 15.8. The van der Waals surface area contributed by atoms with Gasteiger partial charge in [0.1, 0.15) is 11.6 Å². The van der Waals surface area contributed by atoms with Crippen LogP contribution in [0.5, 0.6) is 0 Å². The lowest BCUT2D eigenvalue weighted by Crippen LogP contribution is -2.13. The van der Waals surface area contributed by atoms with Gasteiger partial charge in [0.2, 0.25) is 0 Å². The molecule has 25 heavy (non-hydrogen) atoms. The molecule has 3 rings (SSSR count). The van der Waals surface area contributed by atoms with Gasteiger partial charge < -0.3 is 5.32 Å². The van der Waals surface area contributed by atoms with Crippen LogP contribution in [0.1, 0.15) is 21.5 Å². The van der Waals surface area contributed by atoms with E-state index in [9.17, 15) is 13.6 Å². The summed E-state index contributed by atoms with van der Waals surface area (Å²) in [5.74, 6) is -1.49. The van der Waals surface area contributed by atoms with Gasteiger partial charge >= 0.3 is 0 Å². The maximum absolute atomic E-state index is 14.0. The van der Waals surface area contributed by atoms with Crippen molar-refractivity contribution >= 4 is 11.6 Å². The molecule has 0 aliphatic heterocycles. The molecule has 4 heteroatoms. The number of nitrogens with one attached hydrogen (secondary N) is 1. The molecule has 0 unspecified atom stereocenters. The Morgan fingerprint density at radius 1 is 0.920 bits per heavy atom. The van der Waals surface area contributed by atoms with Gasteiger partial charge in [0.05, 0.1) is 0 Å². The number of benzene rings is 3. The number of rotatable bonds is 3. The summed E-state index contributed by atoms with van der Waals surface area (Å²) in [7, 11) is 0. The summed E-state index contributed by atoms with van der Waals surface area (Å²) >= 11 is 0. The van der Waals surface area contributed by atoms with Crippen LogP contribution in [0.15, 0.2) is 60.7 Å². The van der Waals surface area contributed by atoms with Crippen LogP contribution in [0, 0.1) is 25.5 Å². The second-order valence-corrected chi connectivity index (χ2v) is 5.91. The Balaban J connectivity index is 1.89. The van der Waals surface area contributed by atoms with E-state index in [1.165, 1.54) is 12.1 Å². The lowest BCUT2D eigenvalue weighted by molar-refractivity contribution is 0.102. The molecule has 0 saturated carbocycles. The maximum Gasteiger partial charge on any atom is 0.255 e. The van der Waals surface area contributed by atoms with Crippen LogP contribution in [-0.4, -0.2) is 5.91 Å². The Labute approximate surface area is 145 Å². The fourth-order valence-corrected chi connectivity index (χ4v) is 2.68. The van der Waals surface area contributed by atoms with Crippen LogP contribution < -0.4 is 5.32 Å². The quantitative estimate of drug-likeness (QED) is 0.672. The van der Waals surface area contributed by atoms with Gasteiger partial charge in [-0.2, -0.15) is 0 Å². The highest BCUT2D eigenvalue weighted by Gasteiger charge is 2.12. The molecule has 0 aliphatic rings. The SMILES string of the molecule is Cc1cccc(C(=O)Nc2cccc(-c3ccc(F)cc3F)c2)c1C. The molecule has 126 valence electrons. The highest BCUT2D eigenvalue weighted by Crippen LogP contribution is 2.26. The zero-order valence-corrected chi connectivity index (χ0v) is 13.9. The maximum atomic E-state index is 14.0. The smallest absolute Gasteiger partial charge is 0.255 e. The molecule has 2 nitrogen and oxygen atoms in total. The molecule has 0 spiro atoms. The molecule has 3 aromatic carbocycles. The summed E-state index contributed by atoms with van der Waals surface area (Å²) < 4.78 is 27.0. The number of aryl methyl sites for hydroxylation is 1. The van der Waals surface area contributed by atoms with E-state index in [1.54, 1.807) is 30.3 Å². The Kier molecular flexibility index (Phi) is 4.61. The monoisotopic (exact) mass is 337 g/mol. The molecule has 1 amide bonds. The average molecular weight is 337 g/mol. The zero-order chi connectivity index (χ0) is 18.0. The molecule has 0 atom stereocenters. The topological polar surface area (TPSA) is 29.1 Å².